The first-order valence-electron chi connectivity index (χ1n) is 6.92. The van der Waals surface area contributed by atoms with Gasteiger partial charge in [-0.25, -0.2) is 0 Å². The fourth-order valence-electron chi connectivity index (χ4n) is 2.18. The standard InChI is InChI=1S/C17H19BrIN/c1-2-11-20-17(14-5-9-16(19)10-6-14)12-13-3-7-15(18)8-4-13/h3-10,17,20H,2,11-12H2,1H3. The Morgan fingerprint density at radius 1 is 1.05 bits per heavy atom. The monoisotopic (exact) mass is 443 g/mol. The van der Waals surface area contributed by atoms with Crippen molar-refractivity contribution in [1.29, 1.82) is 0 Å². The van der Waals surface area contributed by atoms with Crippen LogP contribution in [-0.4, -0.2) is 6.54 Å². The lowest BCUT2D eigenvalue weighted by molar-refractivity contribution is 0.529. The second-order valence-corrected chi connectivity index (χ2v) is 7.05. The summed E-state index contributed by atoms with van der Waals surface area (Å²) in [7, 11) is 0. The summed E-state index contributed by atoms with van der Waals surface area (Å²) in [6.07, 6.45) is 2.18. The van der Waals surface area contributed by atoms with E-state index in [1.165, 1.54) is 14.7 Å². The molecule has 0 amide bonds. The van der Waals surface area contributed by atoms with Crippen molar-refractivity contribution in [3.8, 4) is 0 Å². The first-order chi connectivity index (χ1) is 9.69. The molecule has 0 radical (unpaired) electrons. The molecule has 0 aliphatic carbocycles. The summed E-state index contributed by atoms with van der Waals surface area (Å²) in [5.74, 6) is 0. The van der Waals surface area contributed by atoms with Gasteiger partial charge in [-0.3, -0.25) is 0 Å². The number of benzene rings is 2. The Hall–Kier alpha value is -0.390. The van der Waals surface area contributed by atoms with Gasteiger partial charge in [0.1, 0.15) is 0 Å². The van der Waals surface area contributed by atoms with Crippen LogP contribution in [0.3, 0.4) is 0 Å². The lowest BCUT2D eigenvalue weighted by atomic mass is 9.99. The maximum absolute atomic E-state index is 3.65. The normalized spacial score (nSPS) is 12.3. The first kappa shape index (κ1) is 16.0. The highest BCUT2D eigenvalue weighted by molar-refractivity contribution is 14.1. The van der Waals surface area contributed by atoms with E-state index in [-0.39, 0.29) is 0 Å². The fraction of sp³-hybridized carbons (Fsp3) is 0.294. The largest absolute Gasteiger partial charge is 0.310 e. The van der Waals surface area contributed by atoms with Crippen LogP contribution >= 0.6 is 38.5 Å². The summed E-state index contributed by atoms with van der Waals surface area (Å²) in [6, 6.07) is 17.8. The van der Waals surface area contributed by atoms with Crippen molar-refractivity contribution in [1.82, 2.24) is 5.32 Å². The Balaban J connectivity index is 2.14. The van der Waals surface area contributed by atoms with Crippen LogP contribution in [0.25, 0.3) is 0 Å². The van der Waals surface area contributed by atoms with Crippen molar-refractivity contribution in [2.24, 2.45) is 0 Å². The summed E-state index contributed by atoms with van der Waals surface area (Å²) in [4.78, 5) is 0. The molecule has 20 heavy (non-hydrogen) atoms. The molecule has 0 saturated heterocycles. The lowest BCUT2D eigenvalue weighted by Gasteiger charge is -2.19. The molecule has 1 N–H and O–H groups in total. The zero-order chi connectivity index (χ0) is 14.4. The molecule has 0 heterocycles. The molecule has 2 rings (SSSR count). The lowest BCUT2D eigenvalue weighted by Crippen LogP contribution is -2.24. The molecule has 3 heteroatoms. The van der Waals surface area contributed by atoms with Crippen molar-refractivity contribution < 1.29 is 0 Å². The number of rotatable bonds is 6. The smallest absolute Gasteiger partial charge is 0.0360 e. The maximum atomic E-state index is 3.65. The average Bonchev–Trinajstić information content (AvgIpc) is 2.46. The molecule has 0 aromatic heterocycles. The number of hydrogen-bond acceptors (Lipinski definition) is 1. The number of nitrogens with one attached hydrogen (secondary N) is 1. The van der Waals surface area contributed by atoms with E-state index in [2.05, 4.69) is 99.3 Å². The molecule has 2 aromatic rings. The Bertz CT molecular complexity index is 522. The van der Waals surface area contributed by atoms with Gasteiger partial charge in [-0.2, -0.15) is 0 Å². The van der Waals surface area contributed by atoms with Crippen molar-refractivity contribution in [3.63, 3.8) is 0 Å². The zero-order valence-corrected chi connectivity index (χ0v) is 15.3. The second-order valence-electron chi connectivity index (χ2n) is 4.89. The van der Waals surface area contributed by atoms with Crippen molar-refractivity contribution in [2.45, 2.75) is 25.8 Å². The quantitative estimate of drug-likeness (QED) is 0.594. The van der Waals surface area contributed by atoms with Crippen LogP contribution in [0.1, 0.15) is 30.5 Å². The Kier molecular flexibility index (Phi) is 6.52. The minimum Gasteiger partial charge on any atom is -0.310 e. The van der Waals surface area contributed by atoms with E-state index in [1.807, 2.05) is 0 Å². The van der Waals surface area contributed by atoms with Gasteiger partial charge in [0.25, 0.3) is 0 Å². The molecule has 0 aliphatic heterocycles. The molecule has 0 saturated carbocycles. The molecule has 0 aliphatic rings. The van der Waals surface area contributed by atoms with E-state index in [1.54, 1.807) is 0 Å². The maximum Gasteiger partial charge on any atom is 0.0360 e. The van der Waals surface area contributed by atoms with Gasteiger partial charge in [-0.05, 0) is 77.4 Å². The minimum absolute atomic E-state index is 0.383. The first-order valence-corrected chi connectivity index (χ1v) is 8.79. The Morgan fingerprint density at radius 2 is 1.70 bits per heavy atom. The van der Waals surface area contributed by atoms with E-state index in [0.717, 1.165) is 23.9 Å². The van der Waals surface area contributed by atoms with E-state index < -0.39 is 0 Å². The Labute approximate surface area is 143 Å². The molecular formula is C17H19BrIN. The van der Waals surface area contributed by atoms with Gasteiger partial charge in [0.05, 0.1) is 0 Å². The number of halogens is 2. The second kappa shape index (κ2) is 8.15. The highest BCUT2D eigenvalue weighted by atomic mass is 127. The van der Waals surface area contributed by atoms with Crippen LogP contribution in [-0.2, 0) is 6.42 Å². The summed E-state index contributed by atoms with van der Waals surface area (Å²) >= 11 is 5.84. The van der Waals surface area contributed by atoms with Gasteiger partial charge >= 0.3 is 0 Å². The van der Waals surface area contributed by atoms with E-state index in [9.17, 15) is 0 Å². The molecule has 0 spiro atoms. The van der Waals surface area contributed by atoms with Gasteiger partial charge in [0, 0.05) is 14.1 Å². The summed E-state index contributed by atoms with van der Waals surface area (Å²) < 4.78 is 2.41. The van der Waals surface area contributed by atoms with Crippen molar-refractivity contribution >= 4 is 38.5 Å². The van der Waals surface area contributed by atoms with E-state index in [4.69, 9.17) is 0 Å². The third-order valence-electron chi connectivity index (χ3n) is 3.27. The van der Waals surface area contributed by atoms with Crippen molar-refractivity contribution in [3.05, 3.63) is 67.7 Å². The van der Waals surface area contributed by atoms with E-state index in [0.29, 0.717) is 6.04 Å². The molecule has 2 aromatic carbocycles. The van der Waals surface area contributed by atoms with Gasteiger partial charge in [-0.1, -0.05) is 47.1 Å². The zero-order valence-electron chi connectivity index (χ0n) is 11.6. The van der Waals surface area contributed by atoms with Crippen molar-refractivity contribution in [2.75, 3.05) is 6.54 Å². The van der Waals surface area contributed by atoms with Crippen LogP contribution in [0.2, 0.25) is 0 Å². The number of hydrogen-bond donors (Lipinski definition) is 1. The van der Waals surface area contributed by atoms with Crippen LogP contribution in [0.4, 0.5) is 0 Å². The molecule has 0 fully saturated rings. The molecule has 0 bridgehead atoms. The minimum atomic E-state index is 0.383. The van der Waals surface area contributed by atoms with Crippen LogP contribution in [0.5, 0.6) is 0 Å². The summed E-state index contributed by atoms with van der Waals surface area (Å²) in [5.41, 5.74) is 2.72. The molecular weight excluding hydrogens is 425 g/mol. The highest BCUT2D eigenvalue weighted by Crippen LogP contribution is 2.21. The van der Waals surface area contributed by atoms with Crippen LogP contribution in [0.15, 0.2) is 53.0 Å². The predicted molar refractivity (Wildman–Crippen MR) is 98.0 cm³/mol. The molecule has 1 unspecified atom stereocenters. The van der Waals surface area contributed by atoms with E-state index >= 15 is 0 Å². The third kappa shape index (κ3) is 4.86. The predicted octanol–water partition coefficient (Wildman–Crippen LogP) is 5.34. The fourth-order valence-corrected chi connectivity index (χ4v) is 2.80. The summed E-state index contributed by atoms with van der Waals surface area (Å²) in [6.45, 7) is 3.25. The SMILES string of the molecule is CCCNC(Cc1ccc(Br)cc1)c1ccc(I)cc1. The van der Waals surface area contributed by atoms with Gasteiger partial charge in [0.15, 0.2) is 0 Å². The molecule has 1 nitrogen and oxygen atoms in total. The topological polar surface area (TPSA) is 12.0 Å². The summed E-state index contributed by atoms with van der Waals surface area (Å²) in [5, 5.41) is 3.65. The van der Waals surface area contributed by atoms with Gasteiger partial charge < -0.3 is 5.32 Å². The van der Waals surface area contributed by atoms with Gasteiger partial charge in [-0.15, -0.1) is 0 Å². The Morgan fingerprint density at radius 3 is 2.30 bits per heavy atom. The third-order valence-corrected chi connectivity index (χ3v) is 4.51. The molecule has 106 valence electrons. The highest BCUT2D eigenvalue weighted by Gasteiger charge is 2.11. The van der Waals surface area contributed by atoms with Crippen LogP contribution < -0.4 is 5.32 Å². The molecule has 1 atom stereocenters. The van der Waals surface area contributed by atoms with Gasteiger partial charge in [0.2, 0.25) is 0 Å². The average molecular weight is 444 g/mol. The van der Waals surface area contributed by atoms with Crippen LogP contribution in [0, 0.1) is 3.57 Å².